The monoisotopic (exact) mass is 308 g/mol. The van der Waals surface area contributed by atoms with Gasteiger partial charge in [-0.25, -0.2) is 0 Å². The fourth-order valence-electron chi connectivity index (χ4n) is 2.00. The second-order valence-corrected chi connectivity index (χ2v) is 5.12. The van der Waals surface area contributed by atoms with Gasteiger partial charge >= 0.3 is 0 Å². The van der Waals surface area contributed by atoms with Crippen molar-refractivity contribution in [1.29, 1.82) is 0 Å². The number of anilines is 1. The molecule has 2 aromatic rings. The zero-order chi connectivity index (χ0) is 14.7. The first-order chi connectivity index (χ1) is 9.52. The molecule has 1 heterocycles. The van der Waals surface area contributed by atoms with Gasteiger partial charge in [0.05, 0.1) is 12.1 Å². The van der Waals surface area contributed by atoms with E-state index in [1.165, 1.54) is 11.8 Å². The number of nitrogens with zero attached hydrogens (tertiary/aromatic N) is 1. The van der Waals surface area contributed by atoms with E-state index < -0.39 is 0 Å². The number of rotatable bonds is 4. The zero-order valence-electron chi connectivity index (χ0n) is 12.5. The molecule has 0 fully saturated rings. The van der Waals surface area contributed by atoms with Crippen molar-refractivity contribution in [2.45, 2.75) is 26.3 Å². The molecule has 0 aliphatic carbocycles. The van der Waals surface area contributed by atoms with Crippen LogP contribution in [0.3, 0.4) is 0 Å². The summed E-state index contributed by atoms with van der Waals surface area (Å²) in [6.07, 6.45) is 1.45. The van der Waals surface area contributed by atoms with E-state index in [1.807, 2.05) is 18.2 Å². The van der Waals surface area contributed by atoms with Gasteiger partial charge in [0.2, 0.25) is 0 Å². The Balaban J connectivity index is 0.00000220. The van der Waals surface area contributed by atoms with E-state index in [0.29, 0.717) is 23.8 Å². The highest BCUT2D eigenvalue weighted by molar-refractivity contribution is 6.05. The molecule has 0 saturated carbocycles. The van der Waals surface area contributed by atoms with Crippen molar-refractivity contribution in [2.24, 2.45) is 5.73 Å². The molecule has 1 aromatic carbocycles. The normalized spacial score (nSPS) is 10.3. The van der Waals surface area contributed by atoms with Gasteiger partial charge in [-0.1, -0.05) is 26.0 Å². The number of hydrogen-bond donors (Lipinski definition) is 1. The molecule has 0 aliphatic rings. The summed E-state index contributed by atoms with van der Waals surface area (Å²) in [5.74, 6) is 0.934. The lowest BCUT2D eigenvalue weighted by atomic mass is 10.0. The lowest BCUT2D eigenvalue weighted by Gasteiger charge is -2.18. The molecule has 4 nitrogen and oxygen atoms in total. The first kappa shape index (κ1) is 17.3. The SMILES string of the molecule is CC(C)c1cccc(N(C)C(=O)c2coc(CN)c2)c1.Cl. The summed E-state index contributed by atoms with van der Waals surface area (Å²) in [5, 5.41) is 0. The van der Waals surface area contributed by atoms with Crippen LogP contribution < -0.4 is 10.6 Å². The summed E-state index contributed by atoms with van der Waals surface area (Å²) >= 11 is 0. The van der Waals surface area contributed by atoms with Gasteiger partial charge in [-0.15, -0.1) is 12.4 Å². The van der Waals surface area contributed by atoms with E-state index in [0.717, 1.165) is 5.69 Å². The van der Waals surface area contributed by atoms with Crippen molar-refractivity contribution in [3.63, 3.8) is 0 Å². The summed E-state index contributed by atoms with van der Waals surface area (Å²) in [6.45, 7) is 4.55. The van der Waals surface area contributed by atoms with Gasteiger partial charge in [0.15, 0.2) is 0 Å². The number of nitrogens with two attached hydrogens (primary N) is 1. The van der Waals surface area contributed by atoms with E-state index in [-0.39, 0.29) is 18.3 Å². The Hall–Kier alpha value is -1.78. The van der Waals surface area contributed by atoms with Crippen LogP contribution in [-0.2, 0) is 6.54 Å². The van der Waals surface area contributed by atoms with Crippen LogP contribution in [0.25, 0.3) is 0 Å². The van der Waals surface area contributed by atoms with Gasteiger partial charge < -0.3 is 15.1 Å². The third kappa shape index (κ3) is 3.86. The third-order valence-corrected chi connectivity index (χ3v) is 3.33. The summed E-state index contributed by atoms with van der Waals surface area (Å²) in [7, 11) is 1.76. The average molecular weight is 309 g/mol. The summed E-state index contributed by atoms with van der Waals surface area (Å²) in [5.41, 5.74) is 8.08. The van der Waals surface area contributed by atoms with E-state index in [4.69, 9.17) is 10.2 Å². The Morgan fingerprint density at radius 1 is 1.33 bits per heavy atom. The molecule has 2 N–H and O–H groups in total. The van der Waals surface area contributed by atoms with Crippen molar-refractivity contribution < 1.29 is 9.21 Å². The van der Waals surface area contributed by atoms with Crippen LogP contribution in [0.4, 0.5) is 5.69 Å². The van der Waals surface area contributed by atoms with Crippen LogP contribution in [0.1, 0.15) is 41.4 Å². The van der Waals surface area contributed by atoms with Crippen LogP contribution in [0.2, 0.25) is 0 Å². The van der Waals surface area contributed by atoms with Crippen molar-refractivity contribution >= 4 is 24.0 Å². The minimum Gasteiger partial charge on any atom is -0.467 e. The molecule has 0 saturated heterocycles. The van der Waals surface area contributed by atoms with Crippen molar-refractivity contribution in [3.8, 4) is 0 Å². The molecule has 2 rings (SSSR count). The highest BCUT2D eigenvalue weighted by Gasteiger charge is 2.16. The Labute approximate surface area is 131 Å². The predicted octanol–water partition coefficient (Wildman–Crippen LogP) is 3.56. The zero-order valence-corrected chi connectivity index (χ0v) is 13.3. The first-order valence-electron chi connectivity index (χ1n) is 6.68. The van der Waals surface area contributed by atoms with Crippen molar-refractivity contribution in [3.05, 3.63) is 53.5 Å². The van der Waals surface area contributed by atoms with Crippen molar-refractivity contribution in [1.82, 2.24) is 0 Å². The van der Waals surface area contributed by atoms with Crippen LogP contribution in [0.5, 0.6) is 0 Å². The van der Waals surface area contributed by atoms with Crippen LogP contribution in [-0.4, -0.2) is 13.0 Å². The van der Waals surface area contributed by atoms with Gasteiger partial charge in [0.25, 0.3) is 5.91 Å². The summed E-state index contributed by atoms with van der Waals surface area (Å²) < 4.78 is 5.21. The topological polar surface area (TPSA) is 59.5 Å². The smallest absolute Gasteiger partial charge is 0.261 e. The number of carbonyl (C=O) groups excluding carboxylic acids is 1. The highest BCUT2D eigenvalue weighted by Crippen LogP contribution is 2.22. The third-order valence-electron chi connectivity index (χ3n) is 3.33. The van der Waals surface area contributed by atoms with Gasteiger partial charge in [0.1, 0.15) is 12.0 Å². The maximum atomic E-state index is 12.4. The quantitative estimate of drug-likeness (QED) is 0.939. The van der Waals surface area contributed by atoms with Crippen LogP contribution >= 0.6 is 12.4 Å². The molecule has 1 amide bonds. The average Bonchev–Trinajstić information content (AvgIpc) is 2.94. The standard InChI is InChI=1S/C16H20N2O2.ClH/c1-11(2)12-5-4-6-14(7-12)18(3)16(19)13-8-15(9-17)20-10-13;/h4-8,10-11H,9,17H2,1-3H3;1H. The molecule has 0 radical (unpaired) electrons. The number of amides is 1. The van der Waals surface area contributed by atoms with Gasteiger partial charge in [-0.3, -0.25) is 4.79 Å². The molecule has 0 atom stereocenters. The van der Waals surface area contributed by atoms with Gasteiger partial charge in [-0.2, -0.15) is 0 Å². The molecule has 0 aliphatic heterocycles. The maximum Gasteiger partial charge on any atom is 0.261 e. The molecular weight excluding hydrogens is 288 g/mol. The molecule has 21 heavy (non-hydrogen) atoms. The molecule has 0 unspecified atom stereocenters. The number of halogens is 1. The van der Waals surface area contributed by atoms with Gasteiger partial charge in [0, 0.05) is 12.7 Å². The minimum atomic E-state index is -0.102. The molecule has 1 aromatic heterocycles. The summed E-state index contributed by atoms with van der Waals surface area (Å²) in [4.78, 5) is 14.0. The largest absolute Gasteiger partial charge is 0.467 e. The molecular formula is C16H21ClN2O2. The van der Waals surface area contributed by atoms with Gasteiger partial charge in [-0.05, 0) is 29.7 Å². The fourth-order valence-corrected chi connectivity index (χ4v) is 2.00. The fraction of sp³-hybridized carbons (Fsp3) is 0.312. The Bertz CT molecular complexity index is 608. The van der Waals surface area contributed by atoms with Crippen LogP contribution in [0.15, 0.2) is 41.0 Å². The Kier molecular flexibility index (Phi) is 6.00. The van der Waals surface area contributed by atoms with E-state index >= 15 is 0 Å². The Morgan fingerprint density at radius 3 is 2.62 bits per heavy atom. The maximum absolute atomic E-state index is 12.4. The van der Waals surface area contributed by atoms with E-state index in [9.17, 15) is 4.79 Å². The number of furan rings is 1. The lowest BCUT2D eigenvalue weighted by Crippen LogP contribution is -2.25. The lowest BCUT2D eigenvalue weighted by molar-refractivity contribution is 0.0992. The molecule has 5 heteroatoms. The molecule has 0 spiro atoms. The second-order valence-electron chi connectivity index (χ2n) is 5.12. The number of benzene rings is 1. The Morgan fingerprint density at radius 2 is 2.05 bits per heavy atom. The highest BCUT2D eigenvalue weighted by atomic mass is 35.5. The molecule has 114 valence electrons. The molecule has 0 bridgehead atoms. The summed E-state index contributed by atoms with van der Waals surface area (Å²) in [6, 6.07) is 9.68. The van der Waals surface area contributed by atoms with E-state index in [2.05, 4.69) is 19.9 Å². The second kappa shape index (κ2) is 7.29. The minimum absolute atomic E-state index is 0. The van der Waals surface area contributed by atoms with Crippen molar-refractivity contribution in [2.75, 3.05) is 11.9 Å². The number of hydrogen-bond acceptors (Lipinski definition) is 3. The first-order valence-corrected chi connectivity index (χ1v) is 6.68. The number of carbonyl (C=O) groups is 1. The predicted molar refractivity (Wildman–Crippen MR) is 87.1 cm³/mol. The van der Waals surface area contributed by atoms with Crippen LogP contribution in [0, 0.1) is 0 Å². The van der Waals surface area contributed by atoms with E-state index in [1.54, 1.807) is 18.0 Å².